The van der Waals surface area contributed by atoms with Gasteiger partial charge in [0.15, 0.2) is 0 Å². The van der Waals surface area contributed by atoms with Crippen molar-refractivity contribution in [1.29, 1.82) is 0 Å². The molecule has 0 bridgehead atoms. The lowest BCUT2D eigenvalue weighted by atomic mass is 10.0. The summed E-state index contributed by atoms with van der Waals surface area (Å²) in [5.41, 5.74) is 5.67. The van der Waals surface area contributed by atoms with Gasteiger partial charge in [-0.1, -0.05) is 66.2 Å². The van der Waals surface area contributed by atoms with E-state index in [9.17, 15) is 0 Å². The van der Waals surface area contributed by atoms with Crippen LogP contribution in [0.15, 0.2) is 84.9 Å². The number of fused-ring (bicyclic) bond motifs is 3. The van der Waals surface area contributed by atoms with E-state index in [1.165, 1.54) is 31.3 Å². The Labute approximate surface area is 156 Å². The molecule has 0 N–H and O–H groups in total. The fraction of sp³-hybridized carbons (Fsp3) is 0.0417. The Kier molecular flexibility index (Phi) is 3.58. The van der Waals surface area contributed by atoms with Gasteiger partial charge in [-0.05, 0) is 31.2 Å². The highest BCUT2D eigenvalue weighted by atomic mass is 32.1. The second kappa shape index (κ2) is 6.08. The summed E-state index contributed by atoms with van der Waals surface area (Å²) in [6.07, 6.45) is 0. The SMILES string of the molecule is Cc1cccc(-c2cccc(-c3cccc4c3sc3ccccc34)n2)c1. The smallest absolute Gasteiger partial charge is 0.0723 e. The predicted molar refractivity (Wildman–Crippen MR) is 113 cm³/mol. The van der Waals surface area contributed by atoms with Crippen LogP contribution in [-0.2, 0) is 0 Å². The van der Waals surface area contributed by atoms with E-state index < -0.39 is 0 Å². The molecule has 5 rings (SSSR count). The Hall–Kier alpha value is -2.97. The van der Waals surface area contributed by atoms with Crippen molar-refractivity contribution in [3.63, 3.8) is 0 Å². The first-order valence-corrected chi connectivity index (χ1v) is 9.56. The molecule has 2 heteroatoms. The normalized spacial score (nSPS) is 11.3. The van der Waals surface area contributed by atoms with Crippen molar-refractivity contribution in [2.75, 3.05) is 0 Å². The summed E-state index contributed by atoms with van der Waals surface area (Å²) in [5, 5.41) is 2.63. The first-order valence-electron chi connectivity index (χ1n) is 8.74. The molecule has 3 aromatic carbocycles. The minimum Gasteiger partial charge on any atom is -0.248 e. The van der Waals surface area contributed by atoms with E-state index in [2.05, 4.69) is 91.9 Å². The molecule has 0 aliphatic rings. The minimum absolute atomic E-state index is 1.02. The van der Waals surface area contributed by atoms with Crippen LogP contribution < -0.4 is 0 Å². The fourth-order valence-electron chi connectivity index (χ4n) is 3.50. The molecule has 0 atom stereocenters. The lowest BCUT2D eigenvalue weighted by Gasteiger charge is -2.07. The first-order chi connectivity index (χ1) is 12.8. The second-order valence-corrected chi connectivity index (χ2v) is 7.61. The summed E-state index contributed by atoms with van der Waals surface area (Å²) in [5.74, 6) is 0. The van der Waals surface area contributed by atoms with E-state index in [4.69, 9.17) is 4.98 Å². The number of hydrogen-bond acceptors (Lipinski definition) is 2. The Morgan fingerprint density at radius 3 is 2.38 bits per heavy atom. The first kappa shape index (κ1) is 15.3. The van der Waals surface area contributed by atoms with Gasteiger partial charge in [-0.15, -0.1) is 11.3 Å². The average molecular weight is 351 g/mol. The van der Waals surface area contributed by atoms with E-state index in [0.29, 0.717) is 0 Å². The van der Waals surface area contributed by atoms with Crippen molar-refractivity contribution in [1.82, 2.24) is 4.98 Å². The van der Waals surface area contributed by atoms with Gasteiger partial charge < -0.3 is 0 Å². The van der Waals surface area contributed by atoms with Gasteiger partial charge in [0.25, 0.3) is 0 Å². The summed E-state index contributed by atoms with van der Waals surface area (Å²) < 4.78 is 2.63. The summed E-state index contributed by atoms with van der Waals surface area (Å²) in [4.78, 5) is 4.98. The molecular weight excluding hydrogens is 334 g/mol. The molecule has 0 saturated carbocycles. The van der Waals surface area contributed by atoms with Gasteiger partial charge in [-0.2, -0.15) is 0 Å². The molecule has 2 aromatic heterocycles. The highest BCUT2D eigenvalue weighted by Crippen LogP contribution is 2.39. The maximum Gasteiger partial charge on any atom is 0.0723 e. The average Bonchev–Trinajstić information content (AvgIpc) is 3.07. The van der Waals surface area contributed by atoms with Gasteiger partial charge in [-0.25, -0.2) is 4.98 Å². The molecule has 0 aliphatic carbocycles. The van der Waals surface area contributed by atoms with Crippen LogP contribution >= 0.6 is 11.3 Å². The summed E-state index contributed by atoms with van der Waals surface area (Å²) >= 11 is 1.85. The molecule has 124 valence electrons. The molecule has 5 aromatic rings. The van der Waals surface area contributed by atoms with E-state index >= 15 is 0 Å². The molecule has 0 spiro atoms. The highest BCUT2D eigenvalue weighted by molar-refractivity contribution is 7.26. The molecule has 0 aliphatic heterocycles. The highest BCUT2D eigenvalue weighted by Gasteiger charge is 2.11. The lowest BCUT2D eigenvalue weighted by Crippen LogP contribution is -1.88. The topological polar surface area (TPSA) is 12.9 Å². The second-order valence-electron chi connectivity index (χ2n) is 6.56. The zero-order valence-corrected chi connectivity index (χ0v) is 15.3. The largest absolute Gasteiger partial charge is 0.248 e. The van der Waals surface area contributed by atoms with Crippen molar-refractivity contribution in [2.45, 2.75) is 6.92 Å². The van der Waals surface area contributed by atoms with E-state index in [0.717, 1.165) is 17.0 Å². The number of thiophene rings is 1. The lowest BCUT2D eigenvalue weighted by molar-refractivity contribution is 1.32. The fourth-order valence-corrected chi connectivity index (χ4v) is 4.72. The maximum atomic E-state index is 4.98. The van der Waals surface area contributed by atoms with Crippen molar-refractivity contribution in [3.8, 4) is 22.5 Å². The van der Waals surface area contributed by atoms with Crippen LogP contribution in [0.5, 0.6) is 0 Å². The van der Waals surface area contributed by atoms with Crippen LogP contribution in [0.4, 0.5) is 0 Å². The number of hydrogen-bond donors (Lipinski definition) is 0. The van der Waals surface area contributed by atoms with Gasteiger partial charge in [0.05, 0.1) is 11.4 Å². The number of aryl methyl sites for hydroxylation is 1. The van der Waals surface area contributed by atoms with Crippen LogP contribution in [0.2, 0.25) is 0 Å². The zero-order valence-electron chi connectivity index (χ0n) is 14.4. The number of aromatic nitrogens is 1. The van der Waals surface area contributed by atoms with E-state index in [1.807, 2.05) is 11.3 Å². The van der Waals surface area contributed by atoms with Crippen LogP contribution in [0, 0.1) is 6.92 Å². The van der Waals surface area contributed by atoms with E-state index in [1.54, 1.807) is 0 Å². The molecule has 1 nitrogen and oxygen atoms in total. The van der Waals surface area contributed by atoms with Crippen molar-refractivity contribution < 1.29 is 0 Å². The maximum absolute atomic E-state index is 4.98. The van der Waals surface area contributed by atoms with Crippen LogP contribution in [-0.4, -0.2) is 4.98 Å². The van der Waals surface area contributed by atoms with Crippen molar-refractivity contribution in [2.24, 2.45) is 0 Å². The molecule has 0 amide bonds. The summed E-state index contributed by atoms with van der Waals surface area (Å²) in [6, 6.07) is 30.0. The van der Waals surface area contributed by atoms with Gasteiger partial charge >= 0.3 is 0 Å². The summed E-state index contributed by atoms with van der Waals surface area (Å²) in [6.45, 7) is 2.12. The van der Waals surface area contributed by atoms with Crippen LogP contribution in [0.25, 0.3) is 42.7 Å². The van der Waals surface area contributed by atoms with Gasteiger partial charge in [0.2, 0.25) is 0 Å². The van der Waals surface area contributed by atoms with E-state index in [-0.39, 0.29) is 0 Å². The number of rotatable bonds is 2. The standard InChI is InChI=1S/C24H17NS/c1-16-7-4-8-17(15-16)21-12-6-13-22(25-21)20-11-5-10-19-18-9-2-3-14-23(18)26-24(19)20/h2-15H,1H3. The molecular formula is C24H17NS. The van der Waals surface area contributed by atoms with Gasteiger partial charge in [0, 0.05) is 31.3 Å². The Morgan fingerprint density at radius 2 is 1.46 bits per heavy atom. The Morgan fingerprint density at radius 1 is 0.692 bits per heavy atom. The third-order valence-electron chi connectivity index (χ3n) is 4.74. The molecule has 0 saturated heterocycles. The molecule has 26 heavy (non-hydrogen) atoms. The van der Waals surface area contributed by atoms with Crippen molar-refractivity contribution >= 4 is 31.5 Å². The third kappa shape index (κ3) is 2.51. The zero-order chi connectivity index (χ0) is 17.5. The van der Waals surface area contributed by atoms with Gasteiger partial charge in [0.1, 0.15) is 0 Å². The van der Waals surface area contributed by atoms with Crippen LogP contribution in [0.1, 0.15) is 5.56 Å². The molecule has 2 heterocycles. The molecule has 0 radical (unpaired) electrons. The Balaban J connectivity index is 1.72. The molecule has 0 unspecified atom stereocenters. The number of nitrogens with zero attached hydrogens (tertiary/aromatic N) is 1. The molecule has 0 fully saturated rings. The third-order valence-corrected chi connectivity index (χ3v) is 5.96. The minimum atomic E-state index is 1.02. The van der Waals surface area contributed by atoms with Crippen molar-refractivity contribution in [3.05, 3.63) is 90.5 Å². The van der Waals surface area contributed by atoms with Gasteiger partial charge in [-0.3, -0.25) is 0 Å². The Bertz CT molecular complexity index is 1250. The quantitative estimate of drug-likeness (QED) is 0.331. The monoisotopic (exact) mass is 351 g/mol. The number of benzene rings is 3. The summed E-state index contributed by atoms with van der Waals surface area (Å²) in [7, 11) is 0. The predicted octanol–water partition coefficient (Wildman–Crippen LogP) is 7.09. The van der Waals surface area contributed by atoms with Crippen LogP contribution in [0.3, 0.4) is 0 Å². The number of pyridine rings is 1.